The number of rotatable bonds is 14. The van der Waals surface area contributed by atoms with E-state index in [1.165, 1.54) is 42.1 Å². The minimum Gasteiger partial charge on any atom is -0.338 e. The number of sulfonamides is 1. The molecule has 0 aliphatic carbocycles. The summed E-state index contributed by atoms with van der Waals surface area (Å²) in [5.74, 6) is -0.302. The molecule has 0 radical (unpaired) electrons. The molecule has 2 amide bonds. The maximum atomic E-state index is 13.4. The molecule has 1 aliphatic heterocycles. The van der Waals surface area contributed by atoms with Gasteiger partial charge in [-0.1, -0.05) is 67.1 Å². The summed E-state index contributed by atoms with van der Waals surface area (Å²) in [4.78, 5) is 17.3. The number of halogens is 2. The summed E-state index contributed by atoms with van der Waals surface area (Å²) in [6.07, 6.45) is 6.94. The number of hydrogen-bond donors (Lipinski definition) is 1. The summed E-state index contributed by atoms with van der Waals surface area (Å²) in [5.41, 5.74) is 0.867. The van der Waals surface area contributed by atoms with E-state index >= 15 is 0 Å². The molecule has 38 heavy (non-hydrogen) atoms. The number of hydrogen-bond acceptors (Lipinski definition) is 4. The zero-order valence-electron chi connectivity index (χ0n) is 22.2. The van der Waals surface area contributed by atoms with Crippen molar-refractivity contribution in [2.75, 3.05) is 45.8 Å². The number of nitrogens with one attached hydrogen (secondary N) is 1. The van der Waals surface area contributed by atoms with Crippen LogP contribution in [0.3, 0.4) is 0 Å². The van der Waals surface area contributed by atoms with Crippen LogP contribution >= 0.6 is 15.9 Å². The second kappa shape index (κ2) is 15.5. The van der Waals surface area contributed by atoms with Crippen molar-refractivity contribution in [3.05, 3.63) is 64.4 Å². The molecule has 7 nitrogen and oxygen atoms in total. The molecular formula is C28H40BrFN4O3S. The number of benzene rings is 2. The van der Waals surface area contributed by atoms with Gasteiger partial charge in [0.1, 0.15) is 5.82 Å². The molecule has 3 rings (SSSR count). The van der Waals surface area contributed by atoms with Crippen LogP contribution in [0, 0.1) is 5.82 Å². The smallest absolute Gasteiger partial charge is 0.317 e. The lowest BCUT2D eigenvalue weighted by molar-refractivity contribution is 0.156. The maximum absolute atomic E-state index is 13.4. The minimum atomic E-state index is -3.53. The van der Waals surface area contributed by atoms with Crippen LogP contribution in [0.1, 0.15) is 51.0 Å². The number of urea groups is 1. The first-order chi connectivity index (χ1) is 18.3. The first-order valence-corrected chi connectivity index (χ1v) is 15.8. The van der Waals surface area contributed by atoms with E-state index in [2.05, 4.69) is 33.1 Å². The Balaban J connectivity index is 1.51. The van der Waals surface area contributed by atoms with E-state index in [1.54, 1.807) is 41.3 Å². The van der Waals surface area contributed by atoms with E-state index in [-0.39, 0.29) is 11.8 Å². The molecular weight excluding hydrogens is 571 g/mol. The van der Waals surface area contributed by atoms with Gasteiger partial charge in [-0.2, -0.15) is 4.31 Å². The fraction of sp³-hybridized carbons (Fsp3) is 0.536. The second-order valence-electron chi connectivity index (χ2n) is 9.75. The summed E-state index contributed by atoms with van der Waals surface area (Å²) < 4.78 is 41.7. The van der Waals surface area contributed by atoms with Gasteiger partial charge in [0, 0.05) is 56.8 Å². The Bertz CT molecular complexity index is 1090. The molecule has 1 fully saturated rings. The number of unbranched alkanes of at least 4 members (excludes halogenated alkanes) is 5. The fourth-order valence-electron chi connectivity index (χ4n) is 4.49. The number of carbonyl (C=O) groups excluding carboxylic acids is 1. The normalized spacial score (nSPS) is 14.9. The number of carbonyl (C=O) groups is 1. The highest BCUT2D eigenvalue weighted by molar-refractivity contribution is 9.10. The van der Waals surface area contributed by atoms with Crippen LogP contribution in [0.5, 0.6) is 0 Å². The average molecular weight is 612 g/mol. The van der Waals surface area contributed by atoms with Crippen molar-refractivity contribution in [1.82, 2.24) is 19.4 Å². The summed E-state index contributed by atoms with van der Waals surface area (Å²) >= 11 is 3.34. The summed E-state index contributed by atoms with van der Waals surface area (Å²) in [6.45, 7) is 6.36. The van der Waals surface area contributed by atoms with E-state index in [0.717, 1.165) is 22.9 Å². The lowest BCUT2D eigenvalue weighted by Crippen LogP contribution is -2.51. The predicted molar refractivity (Wildman–Crippen MR) is 153 cm³/mol. The Kier molecular flexibility index (Phi) is 12.5. The van der Waals surface area contributed by atoms with Crippen molar-refractivity contribution < 1.29 is 17.6 Å². The van der Waals surface area contributed by atoms with Gasteiger partial charge in [-0.05, 0) is 48.4 Å². The summed E-state index contributed by atoms with van der Waals surface area (Å²) in [7, 11) is -3.53. The van der Waals surface area contributed by atoms with E-state index < -0.39 is 10.0 Å². The van der Waals surface area contributed by atoms with E-state index in [4.69, 9.17) is 0 Å². The molecule has 1 saturated heterocycles. The monoisotopic (exact) mass is 610 g/mol. The number of amides is 2. The molecule has 0 spiro atoms. The van der Waals surface area contributed by atoms with E-state index in [0.29, 0.717) is 57.3 Å². The SMILES string of the molecule is CCCCCCCCNC(=O)N(CCN1CCN(S(=O)(=O)c2ccc(Br)cc2)CC1)Cc1ccc(F)cc1. The molecule has 1 aliphatic rings. The molecule has 210 valence electrons. The zero-order chi connectivity index (χ0) is 27.4. The molecule has 0 unspecified atom stereocenters. The minimum absolute atomic E-state index is 0.126. The third kappa shape index (κ3) is 9.63. The Morgan fingerprint density at radius 3 is 2.24 bits per heavy atom. The number of piperazine rings is 1. The van der Waals surface area contributed by atoms with Crippen molar-refractivity contribution in [2.45, 2.75) is 56.9 Å². The molecule has 0 aromatic heterocycles. The highest BCUT2D eigenvalue weighted by Gasteiger charge is 2.28. The molecule has 0 saturated carbocycles. The van der Waals surface area contributed by atoms with Gasteiger partial charge in [0.05, 0.1) is 4.90 Å². The van der Waals surface area contributed by atoms with Crippen molar-refractivity contribution in [3.8, 4) is 0 Å². The summed E-state index contributed by atoms with van der Waals surface area (Å²) in [5, 5.41) is 3.05. The van der Waals surface area contributed by atoms with Gasteiger partial charge in [0.2, 0.25) is 10.0 Å². The molecule has 0 atom stereocenters. The molecule has 2 aromatic rings. The van der Waals surface area contributed by atoms with Gasteiger partial charge >= 0.3 is 6.03 Å². The topological polar surface area (TPSA) is 73.0 Å². The van der Waals surface area contributed by atoms with Crippen molar-refractivity contribution in [2.24, 2.45) is 0 Å². The highest BCUT2D eigenvalue weighted by atomic mass is 79.9. The van der Waals surface area contributed by atoms with Crippen LogP contribution < -0.4 is 5.32 Å². The fourth-order valence-corrected chi connectivity index (χ4v) is 6.17. The standard InChI is InChI=1S/C28H40BrFN4O3S/c1-2-3-4-5-6-7-16-31-28(35)33(23-24-8-12-26(30)13-9-24)20-17-32-18-21-34(22-19-32)38(36,37)27-14-10-25(29)11-15-27/h8-15H,2-7,16-23H2,1H3,(H,31,35). The van der Waals surface area contributed by atoms with Crippen LogP contribution in [0.2, 0.25) is 0 Å². The van der Waals surface area contributed by atoms with Crippen molar-refractivity contribution in [3.63, 3.8) is 0 Å². The molecule has 1 N–H and O–H groups in total. The van der Waals surface area contributed by atoms with Gasteiger partial charge < -0.3 is 10.2 Å². The first-order valence-electron chi connectivity index (χ1n) is 13.5. The highest BCUT2D eigenvalue weighted by Crippen LogP contribution is 2.20. The summed E-state index contributed by atoms with van der Waals surface area (Å²) in [6, 6.07) is 12.8. The lowest BCUT2D eigenvalue weighted by Gasteiger charge is -2.35. The predicted octanol–water partition coefficient (Wildman–Crippen LogP) is 5.47. The largest absolute Gasteiger partial charge is 0.338 e. The average Bonchev–Trinajstić information content (AvgIpc) is 2.92. The third-order valence-electron chi connectivity index (χ3n) is 6.85. The van der Waals surface area contributed by atoms with Gasteiger partial charge in [-0.3, -0.25) is 4.90 Å². The van der Waals surface area contributed by atoms with E-state index in [9.17, 15) is 17.6 Å². The molecule has 2 aromatic carbocycles. The Hall–Kier alpha value is -2.01. The second-order valence-corrected chi connectivity index (χ2v) is 12.6. The third-order valence-corrected chi connectivity index (χ3v) is 9.29. The lowest BCUT2D eigenvalue weighted by atomic mass is 10.1. The molecule has 1 heterocycles. The Morgan fingerprint density at radius 2 is 1.58 bits per heavy atom. The van der Waals surface area contributed by atoms with Crippen LogP contribution in [0.25, 0.3) is 0 Å². The van der Waals surface area contributed by atoms with Crippen molar-refractivity contribution >= 4 is 32.0 Å². The van der Waals surface area contributed by atoms with Crippen LogP contribution in [0.4, 0.5) is 9.18 Å². The van der Waals surface area contributed by atoms with Gasteiger partial charge in [-0.25, -0.2) is 17.6 Å². The van der Waals surface area contributed by atoms with Gasteiger partial charge in [-0.15, -0.1) is 0 Å². The number of nitrogens with zero attached hydrogens (tertiary/aromatic N) is 3. The maximum Gasteiger partial charge on any atom is 0.317 e. The van der Waals surface area contributed by atoms with Crippen molar-refractivity contribution in [1.29, 1.82) is 0 Å². The van der Waals surface area contributed by atoms with Crippen LogP contribution in [-0.4, -0.2) is 74.4 Å². The first kappa shape index (κ1) is 30.5. The van der Waals surface area contributed by atoms with Crippen LogP contribution in [-0.2, 0) is 16.6 Å². The molecule has 10 heteroatoms. The van der Waals surface area contributed by atoms with E-state index in [1.807, 2.05) is 0 Å². The Labute approximate surface area is 235 Å². The Morgan fingerprint density at radius 1 is 0.947 bits per heavy atom. The zero-order valence-corrected chi connectivity index (χ0v) is 24.7. The molecule has 0 bridgehead atoms. The van der Waals surface area contributed by atoms with Gasteiger partial charge in [0.15, 0.2) is 0 Å². The van der Waals surface area contributed by atoms with Crippen LogP contribution in [0.15, 0.2) is 57.9 Å². The van der Waals surface area contributed by atoms with Gasteiger partial charge in [0.25, 0.3) is 0 Å². The quantitative estimate of drug-likeness (QED) is 0.288.